The molecule has 0 unspecified atom stereocenters. The predicted octanol–water partition coefficient (Wildman–Crippen LogP) is 1.31. The highest BCUT2D eigenvalue weighted by Crippen LogP contribution is 2.23. The van der Waals surface area contributed by atoms with Crippen molar-refractivity contribution in [1.82, 2.24) is 9.97 Å². The molecule has 5 nitrogen and oxygen atoms in total. The van der Waals surface area contributed by atoms with Crippen LogP contribution in [0.25, 0.3) is 0 Å². The molecule has 1 aromatic heterocycles. The van der Waals surface area contributed by atoms with E-state index in [-0.39, 0.29) is 18.5 Å². The maximum Gasteiger partial charge on any atom is 0.223 e. The Hall–Kier alpha value is -1.33. The first-order chi connectivity index (χ1) is 8.17. The van der Waals surface area contributed by atoms with Gasteiger partial charge in [0.2, 0.25) is 5.95 Å². The molecule has 2 rings (SSSR count). The highest BCUT2D eigenvalue weighted by atomic mass is 35.5. The van der Waals surface area contributed by atoms with Crippen molar-refractivity contribution in [2.24, 2.45) is 11.8 Å². The molecular formula is C11H15ClN4O. The number of nitrogens with one attached hydrogen (secondary N) is 1. The zero-order chi connectivity index (χ0) is 12.3. The summed E-state index contributed by atoms with van der Waals surface area (Å²) < 4.78 is 0. The Morgan fingerprint density at radius 3 is 2.82 bits per heavy atom. The first-order valence-corrected chi connectivity index (χ1v) is 5.88. The van der Waals surface area contributed by atoms with Crippen molar-refractivity contribution in [3.05, 3.63) is 23.4 Å². The molecule has 17 heavy (non-hydrogen) atoms. The topological polar surface area (TPSA) is 84.1 Å². The van der Waals surface area contributed by atoms with Gasteiger partial charge in [0, 0.05) is 25.1 Å². The van der Waals surface area contributed by atoms with E-state index in [2.05, 4.69) is 21.4 Å². The highest BCUT2D eigenvalue weighted by molar-refractivity contribution is 6.29. The van der Waals surface area contributed by atoms with Gasteiger partial charge in [0.1, 0.15) is 11.0 Å². The van der Waals surface area contributed by atoms with Gasteiger partial charge >= 0.3 is 0 Å². The minimum absolute atomic E-state index is 0.162. The Kier molecular flexibility index (Phi) is 3.81. The summed E-state index contributed by atoms with van der Waals surface area (Å²) in [5.74, 6) is 1.47. The third-order valence-electron chi connectivity index (χ3n) is 2.75. The predicted molar refractivity (Wildman–Crippen MR) is 67.8 cm³/mol. The smallest absolute Gasteiger partial charge is 0.223 e. The van der Waals surface area contributed by atoms with Crippen LogP contribution in [-0.2, 0) is 0 Å². The lowest BCUT2D eigenvalue weighted by molar-refractivity contribution is 0.245. The Balaban J connectivity index is 1.88. The van der Waals surface area contributed by atoms with Gasteiger partial charge in [0.25, 0.3) is 0 Å². The molecule has 6 heteroatoms. The Bertz CT molecular complexity index is 404. The molecule has 1 heterocycles. The van der Waals surface area contributed by atoms with E-state index < -0.39 is 0 Å². The molecule has 0 radical (unpaired) electrons. The van der Waals surface area contributed by atoms with Crippen LogP contribution in [0.3, 0.4) is 0 Å². The van der Waals surface area contributed by atoms with Crippen LogP contribution in [-0.4, -0.2) is 28.2 Å². The summed E-state index contributed by atoms with van der Waals surface area (Å²) in [7, 11) is 0. The summed E-state index contributed by atoms with van der Waals surface area (Å²) in [6, 6.07) is 1.64. The van der Waals surface area contributed by atoms with Crippen LogP contribution in [0.4, 0.5) is 11.8 Å². The lowest BCUT2D eigenvalue weighted by Gasteiger charge is -2.12. The number of nitrogen functional groups attached to an aromatic ring is 1. The first kappa shape index (κ1) is 12.1. The van der Waals surface area contributed by atoms with Crippen molar-refractivity contribution in [2.75, 3.05) is 24.2 Å². The summed E-state index contributed by atoms with van der Waals surface area (Å²) in [4.78, 5) is 7.82. The standard InChI is InChI=1S/C11H15ClN4O/c12-9-4-10(16-11(13)15-9)14-5-7-1-2-8(3-7)6-17/h1-2,4,7-8,17H,3,5-6H2,(H3,13,14,15,16)/t7-,8+/m0/s1. The summed E-state index contributed by atoms with van der Waals surface area (Å²) >= 11 is 5.77. The minimum Gasteiger partial charge on any atom is -0.396 e. The summed E-state index contributed by atoms with van der Waals surface area (Å²) in [5.41, 5.74) is 5.49. The molecule has 0 spiro atoms. The fourth-order valence-corrected chi connectivity index (χ4v) is 2.10. The normalized spacial score (nSPS) is 22.9. The van der Waals surface area contributed by atoms with Gasteiger partial charge < -0.3 is 16.2 Å². The molecule has 1 aromatic rings. The van der Waals surface area contributed by atoms with Gasteiger partial charge in [-0.25, -0.2) is 4.98 Å². The van der Waals surface area contributed by atoms with Gasteiger partial charge in [0.15, 0.2) is 0 Å². The van der Waals surface area contributed by atoms with Crippen molar-refractivity contribution in [3.63, 3.8) is 0 Å². The van der Waals surface area contributed by atoms with Crippen molar-refractivity contribution in [3.8, 4) is 0 Å². The molecule has 1 aliphatic carbocycles. The largest absolute Gasteiger partial charge is 0.396 e. The van der Waals surface area contributed by atoms with Crippen molar-refractivity contribution >= 4 is 23.4 Å². The third kappa shape index (κ3) is 3.31. The van der Waals surface area contributed by atoms with Crippen LogP contribution >= 0.6 is 11.6 Å². The number of nitrogens with two attached hydrogens (primary N) is 1. The maximum absolute atomic E-state index is 9.02. The fourth-order valence-electron chi connectivity index (χ4n) is 1.91. The second-order valence-corrected chi connectivity index (χ2v) is 4.53. The van der Waals surface area contributed by atoms with Crippen LogP contribution < -0.4 is 11.1 Å². The molecule has 0 fully saturated rings. The quantitative estimate of drug-likeness (QED) is 0.557. The molecule has 0 saturated carbocycles. The van der Waals surface area contributed by atoms with Gasteiger partial charge in [0.05, 0.1) is 0 Å². The van der Waals surface area contributed by atoms with E-state index in [1.54, 1.807) is 6.07 Å². The third-order valence-corrected chi connectivity index (χ3v) is 2.95. The number of hydrogen-bond donors (Lipinski definition) is 3. The van der Waals surface area contributed by atoms with Gasteiger partial charge in [-0.3, -0.25) is 0 Å². The Morgan fingerprint density at radius 2 is 2.18 bits per heavy atom. The van der Waals surface area contributed by atoms with Crippen molar-refractivity contribution < 1.29 is 5.11 Å². The summed E-state index contributed by atoms with van der Waals surface area (Å²) in [5, 5.41) is 12.5. The van der Waals surface area contributed by atoms with E-state index in [0.29, 0.717) is 16.9 Å². The molecule has 2 atom stereocenters. The van der Waals surface area contributed by atoms with Crippen LogP contribution in [0, 0.1) is 11.8 Å². The zero-order valence-electron chi connectivity index (χ0n) is 9.31. The lowest BCUT2D eigenvalue weighted by Crippen LogP contribution is -2.14. The number of aliphatic hydroxyl groups excluding tert-OH is 1. The van der Waals surface area contributed by atoms with Crippen LogP contribution in [0.15, 0.2) is 18.2 Å². The van der Waals surface area contributed by atoms with E-state index in [1.165, 1.54) is 0 Å². The molecular weight excluding hydrogens is 240 g/mol. The molecule has 0 aliphatic heterocycles. The molecule has 0 saturated heterocycles. The number of nitrogens with zero attached hydrogens (tertiary/aromatic N) is 2. The van der Waals surface area contributed by atoms with Gasteiger partial charge in [-0.15, -0.1) is 0 Å². The molecule has 92 valence electrons. The van der Waals surface area contributed by atoms with E-state index in [0.717, 1.165) is 13.0 Å². The number of aliphatic hydroxyl groups is 1. The van der Waals surface area contributed by atoms with E-state index in [4.69, 9.17) is 22.4 Å². The second kappa shape index (κ2) is 5.33. The average molecular weight is 255 g/mol. The first-order valence-electron chi connectivity index (χ1n) is 5.50. The number of halogens is 1. The number of rotatable bonds is 4. The van der Waals surface area contributed by atoms with Crippen LogP contribution in [0.2, 0.25) is 5.15 Å². The highest BCUT2D eigenvalue weighted by Gasteiger charge is 2.17. The molecule has 1 aliphatic rings. The molecule has 0 bridgehead atoms. The average Bonchev–Trinajstić information content (AvgIpc) is 2.73. The Labute approximate surface area is 105 Å². The summed E-state index contributed by atoms with van der Waals surface area (Å²) in [6.45, 7) is 0.957. The minimum atomic E-state index is 0.162. The summed E-state index contributed by atoms with van der Waals surface area (Å²) in [6.07, 6.45) is 5.12. The number of hydrogen-bond acceptors (Lipinski definition) is 5. The number of anilines is 2. The Morgan fingerprint density at radius 1 is 1.41 bits per heavy atom. The van der Waals surface area contributed by atoms with E-state index in [1.807, 2.05) is 6.08 Å². The van der Waals surface area contributed by atoms with E-state index in [9.17, 15) is 0 Å². The lowest BCUT2D eigenvalue weighted by atomic mass is 10.0. The van der Waals surface area contributed by atoms with Gasteiger partial charge in [-0.2, -0.15) is 4.98 Å². The molecule has 0 amide bonds. The van der Waals surface area contributed by atoms with Crippen LogP contribution in [0.5, 0.6) is 0 Å². The maximum atomic E-state index is 9.02. The molecule has 4 N–H and O–H groups in total. The van der Waals surface area contributed by atoms with Crippen LogP contribution in [0.1, 0.15) is 6.42 Å². The van der Waals surface area contributed by atoms with E-state index >= 15 is 0 Å². The fraction of sp³-hybridized carbons (Fsp3) is 0.455. The molecule has 0 aromatic carbocycles. The van der Waals surface area contributed by atoms with Gasteiger partial charge in [-0.1, -0.05) is 23.8 Å². The SMILES string of the molecule is Nc1nc(Cl)cc(NC[C@H]2C=C[C@@H](CO)C2)n1. The zero-order valence-corrected chi connectivity index (χ0v) is 10.1. The second-order valence-electron chi connectivity index (χ2n) is 4.14. The monoisotopic (exact) mass is 254 g/mol. The van der Waals surface area contributed by atoms with Gasteiger partial charge in [-0.05, 0) is 12.3 Å². The van der Waals surface area contributed by atoms with Crippen molar-refractivity contribution in [2.45, 2.75) is 6.42 Å². The van der Waals surface area contributed by atoms with Crippen molar-refractivity contribution in [1.29, 1.82) is 0 Å². The number of aromatic nitrogens is 2.